The van der Waals surface area contributed by atoms with Gasteiger partial charge in [0, 0.05) is 16.3 Å². The monoisotopic (exact) mass is 313 g/mol. The van der Waals surface area contributed by atoms with Crippen LogP contribution in [0.15, 0.2) is 28.9 Å². The number of ether oxygens (including phenoxy) is 1. The molecule has 0 bridgehead atoms. The van der Waals surface area contributed by atoms with E-state index in [1.165, 1.54) is 6.20 Å². The summed E-state index contributed by atoms with van der Waals surface area (Å²) in [5.74, 6) is -0.0350. The molecule has 3 nitrogen and oxygen atoms in total. The zero-order chi connectivity index (χ0) is 12.4. The van der Waals surface area contributed by atoms with Gasteiger partial charge in [0.2, 0.25) is 0 Å². The number of hydrogen-bond acceptors (Lipinski definition) is 3. The predicted octanol–water partition coefficient (Wildman–Crippen LogP) is 3.97. The Morgan fingerprint density at radius 3 is 3.00 bits per heavy atom. The van der Waals surface area contributed by atoms with Gasteiger partial charge in [-0.3, -0.25) is 9.78 Å². The quantitative estimate of drug-likeness (QED) is 0.787. The fourth-order valence-corrected chi connectivity index (χ4v) is 2.11. The van der Waals surface area contributed by atoms with Gasteiger partial charge in [-0.15, -0.1) is 0 Å². The van der Waals surface area contributed by atoms with Crippen molar-refractivity contribution in [2.24, 2.45) is 0 Å². The van der Waals surface area contributed by atoms with E-state index in [0.29, 0.717) is 17.2 Å². The van der Waals surface area contributed by atoms with Gasteiger partial charge >= 0.3 is 5.97 Å². The molecule has 0 saturated heterocycles. The van der Waals surface area contributed by atoms with E-state index in [9.17, 15) is 4.79 Å². The van der Waals surface area contributed by atoms with E-state index < -0.39 is 0 Å². The second-order valence-corrected chi connectivity index (χ2v) is 4.63. The van der Waals surface area contributed by atoms with Crippen LogP contribution in [-0.2, 0) is 4.79 Å². The lowest BCUT2D eigenvalue weighted by molar-refractivity contribution is -0.134. The Bertz CT molecular complexity index is 586. The summed E-state index contributed by atoms with van der Waals surface area (Å²) in [5, 5.41) is 1.15. The molecule has 0 aliphatic heterocycles. The number of carbonyl (C=O) groups excluding carboxylic acids is 1. The van der Waals surface area contributed by atoms with E-state index in [0.717, 1.165) is 15.4 Å². The molecule has 0 aliphatic carbocycles. The molecule has 0 fully saturated rings. The van der Waals surface area contributed by atoms with Crippen molar-refractivity contribution in [3.05, 3.63) is 33.9 Å². The van der Waals surface area contributed by atoms with E-state index in [4.69, 9.17) is 16.3 Å². The molecule has 2 rings (SSSR count). The maximum atomic E-state index is 11.2. The lowest BCUT2D eigenvalue weighted by Gasteiger charge is -2.07. The van der Waals surface area contributed by atoms with Gasteiger partial charge < -0.3 is 4.74 Å². The van der Waals surface area contributed by atoms with Crippen molar-refractivity contribution in [1.82, 2.24) is 4.98 Å². The van der Waals surface area contributed by atoms with E-state index in [1.54, 1.807) is 6.92 Å². The third kappa shape index (κ3) is 2.42. The van der Waals surface area contributed by atoms with Crippen LogP contribution in [0.5, 0.6) is 5.75 Å². The second kappa shape index (κ2) is 5.02. The summed E-state index contributed by atoms with van der Waals surface area (Å²) in [4.78, 5) is 15.4. The number of rotatable bonds is 2. The molecule has 17 heavy (non-hydrogen) atoms. The van der Waals surface area contributed by atoms with Crippen molar-refractivity contribution >= 4 is 44.4 Å². The summed E-state index contributed by atoms with van der Waals surface area (Å²) in [6, 6.07) is 5.56. The van der Waals surface area contributed by atoms with E-state index in [-0.39, 0.29) is 5.97 Å². The van der Waals surface area contributed by atoms with Crippen LogP contribution in [0.1, 0.15) is 13.3 Å². The van der Waals surface area contributed by atoms with Crippen molar-refractivity contribution in [2.45, 2.75) is 13.3 Å². The number of pyridine rings is 1. The van der Waals surface area contributed by atoms with Gasteiger partial charge in [-0.1, -0.05) is 30.7 Å². The minimum Gasteiger partial charge on any atom is -0.423 e. The Morgan fingerprint density at radius 1 is 1.53 bits per heavy atom. The first-order valence-corrected chi connectivity index (χ1v) is 6.24. The molecule has 0 amide bonds. The molecule has 0 N–H and O–H groups in total. The molecule has 1 aromatic heterocycles. The van der Waals surface area contributed by atoms with Gasteiger partial charge in [0.25, 0.3) is 0 Å². The van der Waals surface area contributed by atoms with Crippen molar-refractivity contribution < 1.29 is 9.53 Å². The number of halogens is 2. The van der Waals surface area contributed by atoms with Gasteiger partial charge in [0.1, 0.15) is 0 Å². The van der Waals surface area contributed by atoms with Gasteiger partial charge in [0.15, 0.2) is 5.75 Å². The summed E-state index contributed by atoms with van der Waals surface area (Å²) >= 11 is 9.57. The minimum atomic E-state index is -0.331. The molecule has 0 radical (unpaired) electrons. The second-order valence-electron chi connectivity index (χ2n) is 3.40. The summed E-state index contributed by atoms with van der Waals surface area (Å²) in [5.41, 5.74) is 0.744. The molecular formula is C12H9BrClNO2. The Labute approximate surface area is 112 Å². The molecule has 0 atom stereocenters. The van der Waals surface area contributed by atoms with Crippen LogP contribution in [0.4, 0.5) is 0 Å². The number of esters is 1. The zero-order valence-corrected chi connectivity index (χ0v) is 11.4. The predicted molar refractivity (Wildman–Crippen MR) is 70.4 cm³/mol. The summed E-state index contributed by atoms with van der Waals surface area (Å²) in [6.45, 7) is 1.72. The van der Waals surface area contributed by atoms with Crippen LogP contribution in [0.2, 0.25) is 5.02 Å². The molecule has 88 valence electrons. The molecule has 1 aromatic carbocycles. The maximum Gasteiger partial charge on any atom is 0.311 e. The lowest BCUT2D eigenvalue weighted by Crippen LogP contribution is -2.06. The normalized spacial score (nSPS) is 10.5. The smallest absolute Gasteiger partial charge is 0.311 e. The first-order valence-electron chi connectivity index (χ1n) is 5.07. The van der Waals surface area contributed by atoms with Crippen LogP contribution >= 0.6 is 27.5 Å². The SMILES string of the molecule is CCC(=O)Oc1cnc2c(Br)cccc2c1Cl. The molecular weight excluding hydrogens is 305 g/mol. The molecule has 1 heterocycles. The standard InChI is InChI=1S/C12H9BrClNO2/c1-2-10(16)17-9-6-15-12-7(11(9)14)4-3-5-8(12)13/h3-6H,2H2,1H3. The summed E-state index contributed by atoms with van der Waals surface area (Å²) in [7, 11) is 0. The van der Waals surface area contributed by atoms with Crippen molar-refractivity contribution in [1.29, 1.82) is 0 Å². The Balaban J connectivity index is 2.54. The van der Waals surface area contributed by atoms with E-state index >= 15 is 0 Å². The molecule has 5 heteroatoms. The fraction of sp³-hybridized carbons (Fsp3) is 0.167. The van der Waals surface area contributed by atoms with Crippen LogP contribution in [0.25, 0.3) is 10.9 Å². The fourth-order valence-electron chi connectivity index (χ4n) is 1.40. The number of nitrogens with zero attached hydrogens (tertiary/aromatic N) is 1. The van der Waals surface area contributed by atoms with Crippen molar-refractivity contribution in [3.63, 3.8) is 0 Å². The van der Waals surface area contributed by atoms with E-state index in [1.807, 2.05) is 18.2 Å². The number of hydrogen-bond donors (Lipinski definition) is 0. The number of aromatic nitrogens is 1. The molecule has 2 aromatic rings. The highest BCUT2D eigenvalue weighted by Gasteiger charge is 2.12. The zero-order valence-electron chi connectivity index (χ0n) is 9.04. The third-order valence-electron chi connectivity index (χ3n) is 2.26. The van der Waals surface area contributed by atoms with Crippen LogP contribution in [0, 0.1) is 0 Å². The molecule has 0 saturated carbocycles. The lowest BCUT2D eigenvalue weighted by atomic mass is 10.2. The van der Waals surface area contributed by atoms with Gasteiger partial charge in [-0.25, -0.2) is 0 Å². The van der Waals surface area contributed by atoms with Gasteiger partial charge in [0.05, 0.1) is 16.7 Å². The third-order valence-corrected chi connectivity index (χ3v) is 3.29. The van der Waals surface area contributed by atoms with Crippen molar-refractivity contribution in [2.75, 3.05) is 0 Å². The highest BCUT2D eigenvalue weighted by atomic mass is 79.9. The Morgan fingerprint density at radius 2 is 2.29 bits per heavy atom. The summed E-state index contributed by atoms with van der Waals surface area (Å²) in [6.07, 6.45) is 1.76. The first-order chi connectivity index (χ1) is 8.13. The topological polar surface area (TPSA) is 39.2 Å². The highest BCUT2D eigenvalue weighted by Crippen LogP contribution is 2.34. The average Bonchev–Trinajstić information content (AvgIpc) is 2.33. The number of carbonyl (C=O) groups is 1. The maximum absolute atomic E-state index is 11.2. The van der Waals surface area contributed by atoms with Crippen molar-refractivity contribution in [3.8, 4) is 5.75 Å². The summed E-state index contributed by atoms with van der Waals surface area (Å²) < 4.78 is 5.95. The Kier molecular flexibility index (Phi) is 3.64. The van der Waals surface area contributed by atoms with E-state index in [2.05, 4.69) is 20.9 Å². The highest BCUT2D eigenvalue weighted by molar-refractivity contribution is 9.10. The largest absolute Gasteiger partial charge is 0.423 e. The number of fused-ring (bicyclic) bond motifs is 1. The molecule has 0 aliphatic rings. The minimum absolute atomic E-state index is 0.295. The Hall–Kier alpha value is -1.13. The van der Waals surface area contributed by atoms with Crippen LogP contribution in [-0.4, -0.2) is 11.0 Å². The van der Waals surface area contributed by atoms with Crippen LogP contribution in [0.3, 0.4) is 0 Å². The van der Waals surface area contributed by atoms with Gasteiger partial charge in [-0.2, -0.15) is 0 Å². The number of para-hydroxylation sites is 1. The molecule has 0 spiro atoms. The number of benzene rings is 1. The van der Waals surface area contributed by atoms with Gasteiger partial charge in [-0.05, 0) is 22.0 Å². The van der Waals surface area contributed by atoms with Crippen LogP contribution < -0.4 is 4.74 Å². The molecule has 0 unspecified atom stereocenters. The average molecular weight is 315 g/mol. The first kappa shape index (κ1) is 12.3.